The Balaban J connectivity index is 3.21. The zero-order valence-electron chi connectivity index (χ0n) is 6.26. The van der Waals surface area contributed by atoms with E-state index in [1.807, 2.05) is 6.92 Å². The highest BCUT2D eigenvalue weighted by atomic mass is 19.1. The van der Waals surface area contributed by atoms with Crippen molar-refractivity contribution in [3.63, 3.8) is 0 Å². The molecule has 0 aliphatic rings. The van der Waals surface area contributed by atoms with Gasteiger partial charge in [0.25, 0.3) is 0 Å². The van der Waals surface area contributed by atoms with Gasteiger partial charge in [0.15, 0.2) is 0 Å². The topological polar surface area (TPSA) is 46.2 Å². The summed E-state index contributed by atoms with van der Waals surface area (Å²) in [6, 6.07) is 2.48. The Bertz CT molecular complexity index is 273. The molecule has 3 N–H and O–H groups in total. The number of aryl methyl sites for hydroxylation is 1. The minimum Gasteiger partial charge on any atom is -0.508 e. The number of phenolic OH excluding ortho intramolecular Hbond substituents is 1. The molecule has 0 aliphatic carbocycles. The third-order valence-corrected chi connectivity index (χ3v) is 1.58. The lowest BCUT2D eigenvalue weighted by atomic mass is 10.1. The van der Waals surface area contributed by atoms with Gasteiger partial charge in [0.1, 0.15) is 11.6 Å². The van der Waals surface area contributed by atoms with Crippen LogP contribution in [0, 0.1) is 5.82 Å². The van der Waals surface area contributed by atoms with E-state index in [0.717, 1.165) is 0 Å². The maximum absolute atomic E-state index is 12.7. The largest absolute Gasteiger partial charge is 0.508 e. The molecule has 60 valence electrons. The maximum atomic E-state index is 12.7. The van der Waals surface area contributed by atoms with Crippen molar-refractivity contribution in [1.29, 1.82) is 0 Å². The molecule has 11 heavy (non-hydrogen) atoms. The molecular formula is C8H10FNO. The molecule has 3 heteroatoms. The molecule has 0 spiro atoms. The second-order valence-corrected chi connectivity index (χ2v) is 2.36. The molecule has 1 aromatic rings. The predicted molar refractivity (Wildman–Crippen MR) is 41.9 cm³/mol. The molecule has 1 aromatic carbocycles. The second kappa shape index (κ2) is 2.78. The van der Waals surface area contributed by atoms with Crippen molar-refractivity contribution < 1.29 is 9.50 Å². The summed E-state index contributed by atoms with van der Waals surface area (Å²) in [5, 5.41) is 9.17. The number of rotatable bonds is 1. The van der Waals surface area contributed by atoms with E-state index in [4.69, 9.17) is 10.8 Å². The van der Waals surface area contributed by atoms with E-state index in [-0.39, 0.29) is 11.4 Å². The molecule has 1 rings (SSSR count). The highest BCUT2D eigenvalue weighted by molar-refractivity contribution is 5.49. The summed E-state index contributed by atoms with van der Waals surface area (Å²) in [6.07, 6.45) is 0.600. The third-order valence-electron chi connectivity index (χ3n) is 1.58. The quantitative estimate of drug-likeness (QED) is 0.606. The fraction of sp³-hybridized carbons (Fsp3) is 0.250. The van der Waals surface area contributed by atoms with Crippen molar-refractivity contribution in [3.05, 3.63) is 23.5 Å². The summed E-state index contributed by atoms with van der Waals surface area (Å²) in [5.41, 5.74) is 5.78. The number of phenols is 1. The minimum atomic E-state index is -0.473. The highest BCUT2D eigenvalue weighted by Gasteiger charge is 2.04. The van der Waals surface area contributed by atoms with Crippen molar-refractivity contribution in [2.45, 2.75) is 13.3 Å². The van der Waals surface area contributed by atoms with Crippen LogP contribution in [0.5, 0.6) is 5.75 Å². The van der Waals surface area contributed by atoms with Gasteiger partial charge in [-0.1, -0.05) is 6.92 Å². The number of aromatic hydroxyl groups is 1. The van der Waals surface area contributed by atoms with Gasteiger partial charge in [0.2, 0.25) is 0 Å². The van der Waals surface area contributed by atoms with Crippen LogP contribution in [0.1, 0.15) is 12.5 Å². The van der Waals surface area contributed by atoms with Crippen LogP contribution < -0.4 is 5.73 Å². The Hall–Kier alpha value is -1.25. The molecule has 0 radical (unpaired) electrons. The molecule has 0 saturated heterocycles. The van der Waals surface area contributed by atoms with Crippen LogP contribution >= 0.6 is 0 Å². The summed E-state index contributed by atoms with van der Waals surface area (Å²) < 4.78 is 12.7. The van der Waals surface area contributed by atoms with E-state index in [0.29, 0.717) is 12.0 Å². The molecule has 0 heterocycles. The Labute approximate surface area is 64.5 Å². The van der Waals surface area contributed by atoms with Crippen molar-refractivity contribution in [2.24, 2.45) is 0 Å². The minimum absolute atomic E-state index is 0.0142. The van der Waals surface area contributed by atoms with Crippen LogP contribution in [0.15, 0.2) is 12.1 Å². The number of nitrogen functional groups attached to an aromatic ring is 1. The van der Waals surface area contributed by atoms with Gasteiger partial charge in [0, 0.05) is 6.07 Å². The van der Waals surface area contributed by atoms with E-state index in [1.54, 1.807) is 0 Å². The van der Waals surface area contributed by atoms with Crippen molar-refractivity contribution in [1.82, 2.24) is 0 Å². The van der Waals surface area contributed by atoms with Gasteiger partial charge in [-0.15, -0.1) is 0 Å². The molecule has 0 amide bonds. The van der Waals surface area contributed by atoms with Crippen LogP contribution in [0.4, 0.5) is 10.1 Å². The van der Waals surface area contributed by atoms with Crippen LogP contribution in [-0.2, 0) is 6.42 Å². The Morgan fingerprint density at radius 1 is 1.55 bits per heavy atom. The fourth-order valence-electron chi connectivity index (χ4n) is 0.902. The first-order valence-corrected chi connectivity index (χ1v) is 3.42. The average molecular weight is 155 g/mol. The first-order chi connectivity index (χ1) is 5.15. The van der Waals surface area contributed by atoms with E-state index >= 15 is 0 Å². The number of anilines is 1. The Kier molecular flexibility index (Phi) is 1.98. The number of halogens is 1. The lowest BCUT2D eigenvalue weighted by Gasteiger charge is -2.02. The number of hydrogen-bond donors (Lipinski definition) is 2. The normalized spacial score (nSPS) is 10.0. The number of hydrogen-bond acceptors (Lipinski definition) is 2. The zero-order chi connectivity index (χ0) is 8.43. The van der Waals surface area contributed by atoms with Gasteiger partial charge < -0.3 is 10.8 Å². The van der Waals surface area contributed by atoms with Crippen LogP contribution in [-0.4, -0.2) is 5.11 Å². The fourth-order valence-corrected chi connectivity index (χ4v) is 0.902. The summed E-state index contributed by atoms with van der Waals surface area (Å²) in [7, 11) is 0. The summed E-state index contributed by atoms with van der Waals surface area (Å²) >= 11 is 0. The first-order valence-electron chi connectivity index (χ1n) is 3.42. The monoisotopic (exact) mass is 155 g/mol. The Morgan fingerprint density at radius 2 is 2.18 bits per heavy atom. The summed E-state index contributed by atoms with van der Waals surface area (Å²) in [4.78, 5) is 0. The molecule has 0 aromatic heterocycles. The molecule has 0 unspecified atom stereocenters. The molecule has 0 bridgehead atoms. The smallest absolute Gasteiger partial charge is 0.146 e. The van der Waals surface area contributed by atoms with E-state index in [2.05, 4.69) is 0 Å². The zero-order valence-corrected chi connectivity index (χ0v) is 6.26. The van der Waals surface area contributed by atoms with Crippen LogP contribution in [0.25, 0.3) is 0 Å². The van der Waals surface area contributed by atoms with Gasteiger partial charge in [-0.3, -0.25) is 0 Å². The average Bonchev–Trinajstić information content (AvgIpc) is 1.97. The number of nitrogens with two attached hydrogens (primary N) is 1. The lowest BCUT2D eigenvalue weighted by molar-refractivity contribution is 0.467. The standard InChI is InChI=1S/C8H10FNO/c1-2-5-3-6(9)7(10)4-8(5)11/h3-4,11H,2,10H2,1H3. The van der Waals surface area contributed by atoms with Crippen molar-refractivity contribution in [3.8, 4) is 5.75 Å². The summed E-state index contributed by atoms with van der Waals surface area (Å²) in [6.45, 7) is 1.84. The lowest BCUT2D eigenvalue weighted by Crippen LogP contribution is -1.92. The Morgan fingerprint density at radius 3 is 2.73 bits per heavy atom. The van der Waals surface area contributed by atoms with Crippen molar-refractivity contribution >= 4 is 5.69 Å². The van der Waals surface area contributed by atoms with Crippen molar-refractivity contribution in [2.75, 3.05) is 5.73 Å². The molecule has 0 atom stereocenters. The molecule has 0 fully saturated rings. The van der Waals surface area contributed by atoms with Gasteiger partial charge in [-0.2, -0.15) is 0 Å². The van der Waals surface area contributed by atoms with Gasteiger partial charge in [0.05, 0.1) is 5.69 Å². The number of benzene rings is 1. The van der Waals surface area contributed by atoms with Gasteiger partial charge in [-0.05, 0) is 18.1 Å². The predicted octanol–water partition coefficient (Wildman–Crippen LogP) is 1.68. The highest BCUT2D eigenvalue weighted by Crippen LogP contribution is 2.23. The molecule has 0 saturated carbocycles. The van der Waals surface area contributed by atoms with Crippen LogP contribution in [0.2, 0.25) is 0 Å². The van der Waals surface area contributed by atoms with E-state index < -0.39 is 5.82 Å². The van der Waals surface area contributed by atoms with Gasteiger partial charge in [-0.25, -0.2) is 4.39 Å². The maximum Gasteiger partial charge on any atom is 0.146 e. The molecule has 0 aliphatic heterocycles. The molecular weight excluding hydrogens is 145 g/mol. The second-order valence-electron chi connectivity index (χ2n) is 2.36. The van der Waals surface area contributed by atoms with E-state index in [9.17, 15) is 4.39 Å². The first kappa shape index (κ1) is 7.85. The molecule has 2 nitrogen and oxygen atoms in total. The third kappa shape index (κ3) is 1.42. The summed E-state index contributed by atoms with van der Waals surface area (Å²) in [5.74, 6) is -0.411. The van der Waals surface area contributed by atoms with Gasteiger partial charge >= 0.3 is 0 Å². The van der Waals surface area contributed by atoms with E-state index in [1.165, 1.54) is 12.1 Å². The SMILES string of the molecule is CCc1cc(F)c(N)cc1O. The van der Waals surface area contributed by atoms with Crippen LogP contribution in [0.3, 0.4) is 0 Å².